The second kappa shape index (κ2) is 8.51. The summed E-state index contributed by atoms with van der Waals surface area (Å²) in [6, 6.07) is 7.72. The summed E-state index contributed by atoms with van der Waals surface area (Å²) < 4.78 is 7.78. The monoisotopic (exact) mass is 426 g/mol. The third kappa shape index (κ3) is 4.51. The highest BCUT2D eigenvalue weighted by Crippen LogP contribution is 2.38. The van der Waals surface area contributed by atoms with Crippen molar-refractivity contribution in [3.8, 4) is 11.4 Å². The Balaban J connectivity index is 1.44. The average molecular weight is 427 g/mol. The van der Waals surface area contributed by atoms with E-state index >= 15 is 0 Å². The van der Waals surface area contributed by atoms with Crippen molar-refractivity contribution in [1.29, 1.82) is 0 Å². The average Bonchev–Trinajstić information content (AvgIpc) is 3.33. The molecular formula is C21H26N6O2S. The number of nitrogens with zero attached hydrogens (tertiary/aromatic N) is 4. The molecule has 1 unspecified atom stereocenters. The molecule has 0 radical (unpaired) electrons. The molecule has 30 heavy (non-hydrogen) atoms. The lowest BCUT2D eigenvalue weighted by Crippen LogP contribution is -2.32. The van der Waals surface area contributed by atoms with Crippen LogP contribution in [0, 0.1) is 17.6 Å². The molecule has 8 nitrogen and oxygen atoms in total. The zero-order valence-electron chi connectivity index (χ0n) is 17.4. The molecule has 4 rings (SSSR count). The Morgan fingerprint density at radius 2 is 2.20 bits per heavy atom. The lowest BCUT2D eigenvalue weighted by molar-refractivity contribution is -0.122. The van der Waals surface area contributed by atoms with E-state index in [4.69, 9.17) is 16.7 Å². The lowest BCUT2D eigenvalue weighted by Gasteiger charge is -2.18. The number of hydrogen-bond acceptors (Lipinski definition) is 6. The summed E-state index contributed by atoms with van der Waals surface area (Å²) in [5, 5.41) is 14.3. The van der Waals surface area contributed by atoms with Gasteiger partial charge in [-0.05, 0) is 44.0 Å². The van der Waals surface area contributed by atoms with Crippen molar-refractivity contribution in [1.82, 2.24) is 30.2 Å². The van der Waals surface area contributed by atoms with Gasteiger partial charge in [0.2, 0.25) is 11.8 Å². The fourth-order valence-electron chi connectivity index (χ4n) is 3.38. The molecular weight excluding hydrogens is 400 g/mol. The van der Waals surface area contributed by atoms with E-state index in [2.05, 4.69) is 25.7 Å². The van der Waals surface area contributed by atoms with Gasteiger partial charge in [0.25, 0.3) is 0 Å². The van der Waals surface area contributed by atoms with Crippen LogP contribution in [0.3, 0.4) is 0 Å². The summed E-state index contributed by atoms with van der Waals surface area (Å²) in [5.74, 6) is 2.38. The molecule has 9 heteroatoms. The predicted octanol–water partition coefficient (Wildman–Crippen LogP) is 4.08. The maximum atomic E-state index is 12.7. The highest BCUT2D eigenvalue weighted by Gasteiger charge is 2.31. The molecule has 3 aromatic rings. The molecule has 2 N–H and O–H groups in total. The maximum Gasteiger partial charge on any atom is 0.249 e. The van der Waals surface area contributed by atoms with Gasteiger partial charge >= 0.3 is 0 Å². The van der Waals surface area contributed by atoms with Gasteiger partial charge in [0.1, 0.15) is 6.04 Å². The molecule has 158 valence electrons. The molecule has 1 aliphatic carbocycles. The smallest absolute Gasteiger partial charge is 0.249 e. The standard InChI is InChI=1S/C21H26N6O2S/c1-12(2)17(20-23-18(26-29-20)14-7-8-14)22-16(28)9-10-27-19(24-25-21(27)30)15-6-4-5-13(3)11-15/h4-6,11-12,14,17H,7-10H2,1-3H3,(H,22,28)(H,25,30). The van der Waals surface area contributed by atoms with E-state index in [-0.39, 0.29) is 24.3 Å². The van der Waals surface area contributed by atoms with Crippen molar-refractivity contribution in [2.75, 3.05) is 0 Å². The largest absolute Gasteiger partial charge is 0.344 e. The summed E-state index contributed by atoms with van der Waals surface area (Å²) in [6.07, 6.45) is 2.47. The van der Waals surface area contributed by atoms with Crippen LogP contribution in [0.5, 0.6) is 0 Å². The minimum absolute atomic E-state index is 0.0989. The zero-order valence-corrected chi connectivity index (χ0v) is 18.2. The second-order valence-electron chi connectivity index (χ2n) is 8.18. The van der Waals surface area contributed by atoms with Crippen LogP contribution < -0.4 is 5.32 Å². The van der Waals surface area contributed by atoms with Crippen LogP contribution in [0.1, 0.15) is 62.3 Å². The van der Waals surface area contributed by atoms with Gasteiger partial charge in [-0.25, -0.2) is 0 Å². The molecule has 1 atom stereocenters. The van der Waals surface area contributed by atoms with Gasteiger partial charge in [-0.3, -0.25) is 14.5 Å². The predicted molar refractivity (Wildman–Crippen MR) is 114 cm³/mol. The fourth-order valence-corrected chi connectivity index (χ4v) is 3.61. The fraction of sp³-hybridized carbons (Fsp3) is 0.476. The van der Waals surface area contributed by atoms with Crippen molar-refractivity contribution in [3.05, 3.63) is 46.3 Å². The Bertz CT molecular complexity index is 1090. The number of aromatic amines is 1. The molecule has 1 saturated carbocycles. The van der Waals surface area contributed by atoms with Gasteiger partial charge < -0.3 is 9.84 Å². The second-order valence-corrected chi connectivity index (χ2v) is 8.56. The molecule has 1 amide bonds. The van der Waals surface area contributed by atoms with Crippen molar-refractivity contribution in [2.24, 2.45) is 5.92 Å². The number of hydrogen-bond donors (Lipinski definition) is 2. The Labute approximate surface area is 180 Å². The minimum Gasteiger partial charge on any atom is -0.344 e. The number of aromatic nitrogens is 5. The first-order valence-corrected chi connectivity index (χ1v) is 10.7. The molecule has 0 aliphatic heterocycles. The number of rotatable bonds is 8. The molecule has 0 bridgehead atoms. The van der Waals surface area contributed by atoms with Crippen LogP contribution in [-0.4, -0.2) is 30.8 Å². The third-order valence-corrected chi connectivity index (χ3v) is 5.56. The molecule has 2 aromatic heterocycles. The van der Waals surface area contributed by atoms with Crippen LogP contribution in [0.15, 0.2) is 28.8 Å². The van der Waals surface area contributed by atoms with Crippen molar-refractivity contribution in [3.63, 3.8) is 0 Å². The van der Waals surface area contributed by atoms with E-state index in [0.717, 1.165) is 35.6 Å². The minimum atomic E-state index is -0.314. The van der Waals surface area contributed by atoms with Gasteiger partial charge in [0, 0.05) is 24.4 Å². The number of nitrogens with one attached hydrogen (secondary N) is 2. The lowest BCUT2D eigenvalue weighted by atomic mass is 10.0. The van der Waals surface area contributed by atoms with Crippen molar-refractivity contribution < 1.29 is 9.32 Å². The summed E-state index contributed by atoms with van der Waals surface area (Å²) in [5.41, 5.74) is 2.09. The summed E-state index contributed by atoms with van der Waals surface area (Å²) >= 11 is 5.38. The van der Waals surface area contributed by atoms with Crippen LogP contribution in [0.2, 0.25) is 0 Å². The number of carbonyl (C=O) groups is 1. The molecule has 1 fully saturated rings. The molecule has 1 aliphatic rings. The highest BCUT2D eigenvalue weighted by molar-refractivity contribution is 7.71. The number of H-pyrrole nitrogens is 1. The first kappa shape index (κ1) is 20.5. The summed E-state index contributed by atoms with van der Waals surface area (Å²) in [6.45, 7) is 6.50. The van der Waals surface area contributed by atoms with E-state index in [1.807, 2.05) is 49.6 Å². The van der Waals surface area contributed by atoms with Crippen LogP contribution in [0.25, 0.3) is 11.4 Å². The van der Waals surface area contributed by atoms with Crippen LogP contribution in [0.4, 0.5) is 0 Å². The summed E-state index contributed by atoms with van der Waals surface area (Å²) in [4.78, 5) is 17.2. The third-order valence-electron chi connectivity index (χ3n) is 5.25. The SMILES string of the molecule is Cc1cccc(-c2n[nH]c(=S)n2CCC(=O)NC(c2nc(C3CC3)no2)C(C)C)c1. The topological polar surface area (TPSA) is 102 Å². The molecule has 0 saturated heterocycles. The molecule has 2 heterocycles. The van der Waals surface area contributed by atoms with Gasteiger partial charge in [-0.1, -0.05) is 42.8 Å². The first-order chi connectivity index (χ1) is 14.4. The zero-order chi connectivity index (χ0) is 21.3. The Morgan fingerprint density at radius 3 is 2.90 bits per heavy atom. The molecule has 0 spiro atoms. The number of amides is 1. The first-order valence-electron chi connectivity index (χ1n) is 10.3. The van der Waals surface area contributed by atoms with E-state index in [9.17, 15) is 4.79 Å². The Kier molecular flexibility index (Phi) is 5.80. The van der Waals surface area contributed by atoms with Crippen LogP contribution >= 0.6 is 12.2 Å². The number of benzene rings is 1. The van der Waals surface area contributed by atoms with E-state index in [0.29, 0.717) is 23.1 Å². The maximum absolute atomic E-state index is 12.7. The Hall–Kier alpha value is -2.81. The quantitative estimate of drug-likeness (QED) is 0.526. The van der Waals surface area contributed by atoms with Gasteiger partial charge in [0.05, 0.1) is 0 Å². The molecule has 1 aromatic carbocycles. The highest BCUT2D eigenvalue weighted by atomic mass is 32.1. The summed E-state index contributed by atoms with van der Waals surface area (Å²) in [7, 11) is 0. The van der Waals surface area contributed by atoms with Crippen molar-refractivity contribution >= 4 is 18.1 Å². The van der Waals surface area contributed by atoms with Gasteiger partial charge in [-0.2, -0.15) is 10.1 Å². The van der Waals surface area contributed by atoms with E-state index in [1.54, 1.807) is 0 Å². The van der Waals surface area contributed by atoms with Gasteiger partial charge in [-0.15, -0.1) is 0 Å². The number of aryl methyl sites for hydroxylation is 1. The van der Waals surface area contributed by atoms with Crippen LogP contribution in [-0.2, 0) is 11.3 Å². The van der Waals surface area contributed by atoms with Gasteiger partial charge in [0.15, 0.2) is 16.4 Å². The van der Waals surface area contributed by atoms with E-state index in [1.165, 1.54) is 0 Å². The Morgan fingerprint density at radius 1 is 1.40 bits per heavy atom. The van der Waals surface area contributed by atoms with E-state index < -0.39 is 0 Å². The van der Waals surface area contributed by atoms with Crippen molar-refractivity contribution in [2.45, 2.75) is 58.5 Å². The normalized spacial score (nSPS) is 14.8. The number of carbonyl (C=O) groups excluding carboxylic acids is 1.